The van der Waals surface area contributed by atoms with Crippen LogP contribution in [0.15, 0.2) is 47.4 Å². The molecular weight excluding hydrogens is 223 g/mol. The Balaban J connectivity index is 2.54. The molecule has 0 heterocycles. The van der Waals surface area contributed by atoms with Gasteiger partial charge in [0.25, 0.3) is 0 Å². The summed E-state index contributed by atoms with van der Waals surface area (Å²) in [6, 6.07) is 12.2. The predicted molar refractivity (Wildman–Crippen MR) is 65.3 cm³/mol. The van der Waals surface area contributed by atoms with E-state index in [1.165, 1.54) is 12.1 Å². The first kappa shape index (κ1) is 11.0. The number of aromatic hydroxyl groups is 1. The maximum atomic E-state index is 12.9. The molecule has 0 unspecified atom stereocenters. The predicted octanol–water partition coefficient (Wildman–Crippen LogP) is 3.92. The quantitative estimate of drug-likeness (QED) is 0.795. The van der Waals surface area contributed by atoms with Crippen LogP contribution in [0.25, 0.3) is 11.1 Å². The van der Waals surface area contributed by atoms with E-state index in [9.17, 15) is 9.50 Å². The minimum atomic E-state index is -0.592. The van der Waals surface area contributed by atoms with Crippen molar-refractivity contribution in [3.05, 3.63) is 48.3 Å². The van der Waals surface area contributed by atoms with E-state index in [0.717, 1.165) is 16.0 Å². The van der Waals surface area contributed by atoms with Crippen LogP contribution in [-0.2, 0) is 0 Å². The third-order valence-electron chi connectivity index (χ3n) is 2.36. The van der Waals surface area contributed by atoms with E-state index in [4.69, 9.17) is 0 Å². The van der Waals surface area contributed by atoms with Crippen molar-refractivity contribution >= 4 is 11.8 Å². The van der Waals surface area contributed by atoms with E-state index in [1.807, 2.05) is 30.5 Å². The van der Waals surface area contributed by atoms with Gasteiger partial charge in [-0.25, -0.2) is 4.39 Å². The van der Waals surface area contributed by atoms with E-state index in [2.05, 4.69) is 0 Å². The van der Waals surface area contributed by atoms with Crippen LogP contribution in [0.1, 0.15) is 0 Å². The Morgan fingerprint density at radius 3 is 2.56 bits per heavy atom. The van der Waals surface area contributed by atoms with Gasteiger partial charge in [-0.05, 0) is 35.6 Å². The van der Waals surface area contributed by atoms with Crippen molar-refractivity contribution in [1.82, 2.24) is 0 Å². The lowest BCUT2D eigenvalue weighted by Crippen LogP contribution is -1.83. The van der Waals surface area contributed by atoms with Gasteiger partial charge >= 0.3 is 0 Å². The second-order valence-corrected chi connectivity index (χ2v) is 4.21. The van der Waals surface area contributed by atoms with Crippen molar-refractivity contribution in [2.45, 2.75) is 4.90 Å². The van der Waals surface area contributed by atoms with Gasteiger partial charge in [0.2, 0.25) is 0 Å². The molecule has 0 aliphatic carbocycles. The van der Waals surface area contributed by atoms with Crippen LogP contribution in [-0.4, -0.2) is 11.4 Å². The minimum absolute atomic E-state index is 0.312. The van der Waals surface area contributed by atoms with Crippen LogP contribution in [0.5, 0.6) is 5.75 Å². The second-order valence-electron chi connectivity index (χ2n) is 3.37. The van der Waals surface area contributed by atoms with Gasteiger partial charge in [-0.15, -0.1) is 11.8 Å². The normalized spacial score (nSPS) is 10.4. The fraction of sp³-hybridized carbons (Fsp3) is 0.0769. The molecule has 0 bridgehead atoms. The number of hydrogen-bond acceptors (Lipinski definition) is 2. The fourth-order valence-electron chi connectivity index (χ4n) is 1.56. The molecule has 1 N–H and O–H groups in total. The van der Waals surface area contributed by atoms with Gasteiger partial charge in [0.15, 0.2) is 11.6 Å². The van der Waals surface area contributed by atoms with Gasteiger partial charge in [0.05, 0.1) is 0 Å². The highest BCUT2D eigenvalue weighted by Gasteiger charge is 2.06. The molecule has 0 amide bonds. The molecule has 82 valence electrons. The zero-order valence-corrected chi connectivity index (χ0v) is 9.59. The molecule has 2 aromatic rings. The minimum Gasteiger partial charge on any atom is -0.505 e. The number of halogens is 1. The summed E-state index contributed by atoms with van der Waals surface area (Å²) in [5.41, 5.74) is 1.83. The molecule has 2 aromatic carbocycles. The molecular formula is C13H11FOS. The molecule has 0 aliphatic rings. The van der Waals surface area contributed by atoms with Crippen molar-refractivity contribution in [2.75, 3.05) is 6.26 Å². The van der Waals surface area contributed by atoms with Crippen LogP contribution in [0.2, 0.25) is 0 Å². The highest BCUT2D eigenvalue weighted by atomic mass is 32.2. The summed E-state index contributed by atoms with van der Waals surface area (Å²) in [6.45, 7) is 0. The zero-order chi connectivity index (χ0) is 11.5. The number of benzene rings is 2. The van der Waals surface area contributed by atoms with Gasteiger partial charge in [-0.3, -0.25) is 0 Å². The van der Waals surface area contributed by atoms with Crippen molar-refractivity contribution in [1.29, 1.82) is 0 Å². The molecule has 0 aliphatic heterocycles. The van der Waals surface area contributed by atoms with Gasteiger partial charge in [0.1, 0.15) is 0 Å². The van der Waals surface area contributed by atoms with Gasteiger partial charge in [0, 0.05) is 4.90 Å². The number of rotatable bonds is 2. The van der Waals surface area contributed by atoms with E-state index < -0.39 is 5.82 Å². The molecule has 0 fully saturated rings. The van der Waals surface area contributed by atoms with Gasteiger partial charge in [-0.2, -0.15) is 0 Å². The first-order valence-corrected chi connectivity index (χ1v) is 6.07. The topological polar surface area (TPSA) is 20.2 Å². The summed E-state index contributed by atoms with van der Waals surface area (Å²) in [6.07, 6.45) is 1.99. The monoisotopic (exact) mass is 234 g/mol. The largest absolute Gasteiger partial charge is 0.505 e. The lowest BCUT2D eigenvalue weighted by Gasteiger charge is -2.07. The fourth-order valence-corrected chi connectivity index (χ4v) is 2.18. The molecule has 1 nitrogen and oxygen atoms in total. The highest BCUT2D eigenvalue weighted by molar-refractivity contribution is 7.98. The summed E-state index contributed by atoms with van der Waals surface area (Å²) >= 11 is 1.62. The molecule has 0 radical (unpaired) electrons. The molecule has 0 atom stereocenters. The van der Waals surface area contributed by atoms with E-state index in [-0.39, 0.29) is 5.75 Å². The average Bonchev–Trinajstić information content (AvgIpc) is 2.32. The van der Waals surface area contributed by atoms with Crippen LogP contribution in [0.4, 0.5) is 4.39 Å². The first-order valence-electron chi connectivity index (χ1n) is 4.84. The van der Waals surface area contributed by atoms with E-state index in [0.29, 0.717) is 0 Å². The summed E-state index contributed by atoms with van der Waals surface area (Å²) in [5.74, 6) is -0.904. The standard InChI is InChI=1S/C13H11FOS/c1-16-13-5-3-2-4-10(13)9-6-7-11(14)12(15)8-9/h2-8,15H,1H3. The third-order valence-corrected chi connectivity index (χ3v) is 3.16. The lowest BCUT2D eigenvalue weighted by molar-refractivity contribution is 0.433. The number of phenols is 1. The zero-order valence-electron chi connectivity index (χ0n) is 8.77. The molecule has 0 saturated heterocycles. The van der Waals surface area contributed by atoms with Crippen molar-refractivity contribution in [3.63, 3.8) is 0 Å². The lowest BCUT2D eigenvalue weighted by atomic mass is 10.1. The molecule has 3 heteroatoms. The van der Waals surface area contributed by atoms with Gasteiger partial charge in [-0.1, -0.05) is 24.3 Å². The average molecular weight is 234 g/mol. The molecule has 0 saturated carbocycles. The number of hydrogen-bond donors (Lipinski definition) is 1. The molecule has 16 heavy (non-hydrogen) atoms. The maximum absolute atomic E-state index is 12.9. The Bertz CT molecular complexity index is 511. The first-order chi connectivity index (χ1) is 7.72. The van der Waals surface area contributed by atoms with E-state index in [1.54, 1.807) is 17.8 Å². The Morgan fingerprint density at radius 1 is 1.12 bits per heavy atom. The Morgan fingerprint density at radius 2 is 1.88 bits per heavy atom. The summed E-state index contributed by atoms with van der Waals surface area (Å²) in [5, 5.41) is 9.34. The summed E-state index contributed by atoms with van der Waals surface area (Å²) in [4.78, 5) is 1.11. The summed E-state index contributed by atoms with van der Waals surface area (Å²) < 4.78 is 12.9. The second kappa shape index (κ2) is 4.58. The van der Waals surface area contributed by atoms with Crippen LogP contribution >= 0.6 is 11.8 Å². The molecule has 0 aromatic heterocycles. The SMILES string of the molecule is CSc1ccccc1-c1ccc(F)c(O)c1. The highest BCUT2D eigenvalue weighted by Crippen LogP contribution is 2.32. The van der Waals surface area contributed by atoms with Gasteiger partial charge < -0.3 is 5.11 Å². The van der Waals surface area contributed by atoms with Crippen molar-refractivity contribution < 1.29 is 9.50 Å². The number of phenolic OH excluding ortho intramolecular Hbond substituents is 1. The maximum Gasteiger partial charge on any atom is 0.164 e. The van der Waals surface area contributed by atoms with E-state index >= 15 is 0 Å². The third kappa shape index (κ3) is 2.04. The van der Waals surface area contributed by atoms with Crippen LogP contribution in [0.3, 0.4) is 0 Å². The Hall–Kier alpha value is -1.48. The van der Waals surface area contributed by atoms with Crippen LogP contribution < -0.4 is 0 Å². The number of thioether (sulfide) groups is 1. The smallest absolute Gasteiger partial charge is 0.164 e. The molecule has 2 rings (SSSR count). The summed E-state index contributed by atoms with van der Waals surface area (Å²) in [7, 11) is 0. The van der Waals surface area contributed by atoms with Crippen molar-refractivity contribution in [2.24, 2.45) is 0 Å². The Kier molecular flexibility index (Phi) is 3.15. The molecule has 0 spiro atoms. The Labute approximate surface area is 97.9 Å². The van der Waals surface area contributed by atoms with Crippen LogP contribution in [0, 0.1) is 5.82 Å². The van der Waals surface area contributed by atoms with Crippen molar-refractivity contribution in [3.8, 4) is 16.9 Å².